The third-order valence-corrected chi connectivity index (χ3v) is 6.34. The van der Waals surface area contributed by atoms with E-state index in [-0.39, 0.29) is 41.4 Å². The van der Waals surface area contributed by atoms with Crippen LogP contribution in [0.25, 0.3) is 0 Å². The summed E-state index contributed by atoms with van der Waals surface area (Å²) in [5, 5.41) is 0.413. The number of hydrogen-bond acceptors (Lipinski definition) is 4. The van der Waals surface area contributed by atoms with Crippen LogP contribution >= 0.6 is 23.2 Å². The van der Waals surface area contributed by atoms with Gasteiger partial charge in [-0.15, -0.1) is 0 Å². The van der Waals surface area contributed by atoms with Gasteiger partial charge in [0.25, 0.3) is 5.91 Å². The van der Waals surface area contributed by atoms with E-state index in [1.54, 1.807) is 0 Å². The molecular weight excluding hydrogens is 391 g/mol. The highest BCUT2D eigenvalue weighted by Gasteiger charge is 2.32. The highest BCUT2D eigenvalue weighted by Crippen LogP contribution is 2.27. The zero-order chi connectivity index (χ0) is 18.6. The van der Waals surface area contributed by atoms with Crippen LogP contribution in [0.3, 0.4) is 0 Å². The molecule has 0 saturated carbocycles. The molecule has 2 rings (SSSR count). The van der Waals surface area contributed by atoms with Gasteiger partial charge in [0, 0.05) is 11.9 Å². The summed E-state index contributed by atoms with van der Waals surface area (Å²) in [6, 6.07) is 4.31. The monoisotopic (exact) mass is 409 g/mol. The van der Waals surface area contributed by atoms with Gasteiger partial charge in [-0.3, -0.25) is 20.4 Å². The lowest BCUT2D eigenvalue weighted by Crippen LogP contribution is -3.16. The largest absolute Gasteiger partial charge is 0.325 e. The molecule has 0 unspecified atom stereocenters. The molecule has 11 heteroatoms. The van der Waals surface area contributed by atoms with Crippen LogP contribution in [0.15, 0.2) is 23.1 Å². The number of hydrazine groups is 1. The maximum Gasteiger partial charge on any atom is 0.293 e. The second-order valence-corrected chi connectivity index (χ2v) is 8.38. The molecule has 0 atom stereocenters. The number of carbonyl (C=O) groups excluding carboxylic acids is 2. The summed E-state index contributed by atoms with van der Waals surface area (Å²) in [5.74, 6) is -0.697. The maximum atomic E-state index is 12.7. The van der Waals surface area contributed by atoms with Crippen molar-refractivity contribution in [2.24, 2.45) is 0 Å². The average molecular weight is 410 g/mol. The molecule has 2 amide bonds. The maximum absolute atomic E-state index is 12.7. The number of nitrogens with zero attached hydrogens (tertiary/aromatic N) is 1. The Morgan fingerprint density at radius 3 is 2.44 bits per heavy atom. The molecule has 0 radical (unpaired) electrons. The molecule has 1 saturated heterocycles. The average Bonchev–Trinajstić information content (AvgIpc) is 2.55. The van der Waals surface area contributed by atoms with Gasteiger partial charge in [0.1, 0.15) is 4.90 Å². The fraction of sp³-hybridized carbons (Fsp3) is 0.429. The molecule has 0 aromatic heterocycles. The van der Waals surface area contributed by atoms with Crippen molar-refractivity contribution in [3.8, 4) is 0 Å². The van der Waals surface area contributed by atoms with Gasteiger partial charge in [-0.1, -0.05) is 23.2 Å². The molecule has 1 aliphatic heterocycles. The second-order valence-electron chi connectivity index (χ2n) is 5.63. The highest BCUT2D eigenvalue weighted by atomic mass is 35.5. The molecule has 8 nitrogen and oxygen atoms in total. The zero-order valence-corrected chi connectivity index (χ0v) is 15.8. The van der Waals surface area contributed by atoms with Gasteiger partial charge in [0.2, 0.25) is 15.9 Å². The fourth-order valence-corrected chi connectivity index (χ4v) is 4.64. The zero-order valence-electron chi connectivity index (χ0n) is 13.5. The third kappa shape index (κ3) is 5.29. The molecular formula is C14H19Cl2N4O4S+. The van der Waals surface area contributed by atoms with Crippen molar-refractivity contribution in [3.63, 3.8) is 0 Å². The number of hydrogen-bond donors (Lipinski definition) is 3. The number of nitrogens with one attached hydrogen (secondary N) is 3. The van der Waals surface area contributed by atoms with Crippen molar-refractivity contribution in [3.05, 3.63) is 28.2 Å². The Hall–Kier alpha value is -1.39. The van der Waals surface area contributed by atoms with E-state index in [0.29, 0.717) is 18.1 Å². The SMILES string of the molecule is CC(=O)NNC(=O)C[NH+]1CCN(S(=O)(=O)c2cc(Cl)ccc2Cl)CC1. The van der Waals surface area contributed by atoms with Gasteiger partial charge < -0.3 is 4.90 Å². The minimum atomic E-state index is -3.74. The quantitative estimate of drug-likeness (QED) is 0.558. The van der Waals surface area contributed by atoms with Crippen LogP contribution in [0.4, 0.5) is 0 Å². The van der Waals surface area contributed by atoms with Crippen molar-refractivity contribution in [2.45, 2.75) is 11.8 Å². The fourth-order valence-electron chi connectivity index (χ4n) is 2.46. The Labute approximate surface area is 156 Å². The molecule has 3 N–H and O–H groups in total. The van der Waals surface area contributed by atoms with E-state index >= 15 is 0 Å². The Balaban J connectivity index is 1.96. The Morgan fingerprint density at radius 2 is 1.84 bits per heavy atom. The van der Waals surface area contributed by atoms with Gasteiger partial charge in [-0.25, -0.2) is 8.42 Å². The van der Waals surface area contributed by atoms with E-state index in [0.717, 1.165) is 4.90 Å². The summed E-state index contributed by atoms with van der Waals surface area (Å²) in [4.78, 5) is 23.3. The van der Waals surface area contributed by atoms with E-state index in [1.165, 1.54) is 29.4 Å². The van der Waals surface area contributed by atoms with Crippen LogP contribution in [0, 0.1) is 0 Å². The number of benzene rings is 1. The lowest BCUT2D eigenvalue weighted by atomic mass is 10.3. The smallest absolute Gasteiger partial charge is 0.293 e. The first kappa shape index (κ1) is 19.9. The standard InChI is InChI=1S/C14H18Cl2N4O4S/c1-10(21)17-18-14(22)9-19-4-6-20(7-5-19)25(23,24)13-8-11(15)2-3-12(13)16/h2-3,8H,4-7,9H2,1H3,(H,17,21)(H,18,22)/p+1. The predicted octanol–water partition coefficient (Wildman–Crippen LogP) is -0.950. The third-order valence-electron chi connectivity index (χ3n) is 3.73. The Kier molecular flexibility index (Phi) is 6.64. The van der Waals surface area contributed by atoms with Crippen molar-refractivity contribution < 1.29 is 22.9 Å². The summed E-state index contributed by atoms with van der Waals surface area (Å²) >= 11 is 11.9. The minimum Gasteiger partial charge on any atom is -0.325 e. The number of piperazine rings is 1. The molecule has 0 aliphatic carbocycles. The number of rotatable bonds is 4. The minimum absolute atomic E-state index is 0.0199. The summed E-state index contributed by atoms with van der Waals surface area (Å²) in [6.07, 6.45) is 0. The van der Waals surface area contributed by atoms with E-state index in [2.05, 4.69) is 10.9 Å². The van der Waals surface area contributed by atoms with Crippen LogP contribution in [-0.4, -0.2) is 57.3 Å². The van der Waals surface area contributed by atoms with Crippen LogP contribution < -0.4 is 15.8 Å². The normalized spacial score (nSPS) is 16.4. The Morgan fingerprint density at radius 1 is 1.20 bits per heavy atom. The molecule has 1 aromatic carbocycles. The first-order valence-corrected chi connectivity index (χ1v) is 9.74. The van der Waals surface area contributed by atoms with Crippen LogP contribution in [0.1, 0.15) is 6.92 Å². The van der Waals surface area contributed by atoms with E-state index in [9.17, 15) is 18.0 Å². The van der Waals surface area contributed by atoms with Crippen molar-refractivity contribution in [1.29, 1.82) is 0 Å². The van der Waals surface area contributed by atoms with Crippen molar-refractivity contribution in [1.82, 2.24) is 15.2 Å². The number of sulfonamides is 1. The van der Waals surface area contributed by atoms with E-state index in [4.69, 9.17) is 23.2 Å². The molecule has 1 aromatic rings. The van der Waals surface area contributed by atoms with Crippen LogP contribution in [-0.2, 0) is 19.6 Å². The summed E-state index contributed by atoms with van der Waals surface area (Å²) in [5.41, 5.74) is 4.50. The molecule has 25 heavy (non-hydrogen) atoms. The number of carbonyl (C=O) groups is 2. The second kappa shape index (κ2) is 8.33. The lowest BCUT2D eigenvalue weighted by molar-refractivity contribution is -0.895. The van der Waals surface area contributed by atoms with Crippen LogP contribution in [0.2, 0.25) is 10.0 Å². The van der Waals surface area contributed by atoms with Crippen molar-refractivity contribution in [2.75, 3.05) is 32.7 Å². The number of halogens is 2. The van der Waals surface area contributed by atoms with Gasteiger partial charge in [-0.05, 0) is 18.2 Å². The van der Waals surface area contributed by atoms with E-state index in [1.807, 2.05) is 0 Å². The number of quaternary nitrogens is 1. The molecule has 1 fully saturated rings. The van der Waals surface area contributed by atoms with Gasteiger partial charge in [0.05, 0.1) is 31.2 Å². The molecule has 0 spiro atoms. The molecule has 1 heterocycles. The van der Waals surface area contributed by atoms with Gasteiger partial charge in [0.15, 0.2) is 6.54 Å². The summed E-state index contributed by atoms with van der Waals surface area (Å²) in [6.45, 7) is 2.88. The summed E-state index contributed by atoms with van der Waals surface area (Å²) < 4.78 is 26.8. The lowest BCUT2D eigenvalue weighted by Gasteiger charge is -2.31. The molecule has 138 valence electrons. The van der Waals surface area contributed by atoms with Gasteiger partial charge >= 0.3 is 0 Å². The first-order chi connectivity index (χ1) is 11.7. The first-order valence-electron chi connectivity index (χ1n) is 7.54. The predicted molar refractivity (Wildman–Crippen MR) is 92.7 cm³/mol. The van der Waals surface area contributed by atoms with Gasteiger partial charge in [-0.2, -0.15) is 4.31 Å². The Bertz CT molecular complexity index is 764. The van der Waals surface area contributed by atoms with E-state index < -0.39 is 10.0 Å². The summed E-state index contributed by atoms with van der Waals surface area (Å²) in [7, 11) is -3.74. The van der Waals surface area contributed by atoms with Crippen molar-refractivity contribution >= 4 is 45.0 Å². The highest BCUT2D eigenvalue weighted by molar-refractivity contribution is 7.89. The molecule has 1 aliphatic rings. The topological polar surface area (TPSA) is 100 Å². The number of amides is 2. The van der Waals surface area contributed by atoms with Crippen LogP contribution in [0.5, 0.6) is 0 Å². The molecule has 0 bridgehead atoms.